The van der Waals surface area contributed by atoms with E-state index < -0.39 is 10.0 Å². The lowest BCUT2D eigenvalue weighted by Crippen LogP contribution is -2.46. The first kappa shape index (κ1) is 16.0. The summed E-state index contributed by atoms with van der Waals surface area (Å²) in [5.41, 5.74) is 1.23. The van der Waals surface area contributed by atoms with E-state index in [1.165, 1.54) is 4.31 Å². The molecule has 0 saturated carbocycles. The Labute approximate surface area is 126 Å². The third-order valence-electron chi connectivity index (χ3n) is 3.98. The lowest BCUT2D eigenvalue weighted by atomic mass is 9.97. The second-order valence-electron chi connectivity index (χ2n) is 5.46. The Morgan fingerprint density at radius 2 is 2.05 bits per heavy atom. The van der Waals surface area contributed by atoms with E-state index in [1.54, 1.807) is 31.4 Å². The highest BCUT2D eigenvalue weighted by molar-refractivity contribution is 7.88. The number of rotatable bonds is 4. The minimum Gasteiger partial charge on any atom is -0.380 e. The molecule has 1 aromatic rings. The number of piperidine rings is 1. The van der Waals surface area contributed by atoms with E-state index in [0.717, 1.165) is 6.42 Å². The van der Waals surface area contributed by atoms with Crippen LogP contribution in [0, 0.1) is 17.2 Å². The summed E-state index contributed by atoms with van der Waals surface area (Å²) in [6.07, 6.45) is 0.764. The van der Waals surface area contributed by atoms with Gasteiger partial charge >= 0.3 is 0 Å². The summed E-state index contributed by atoms with van der Waals surface area (Å²) >= 11 is 0. The van der Waals surface area contributed by atoms with Gasteiger partial charge in [0.05, 0.1) is 23.5 Å². The molecule has 0 aliphatic carbocycles. The maximum atomic E-state index is 12.5. The number of hydrogen-bond donors (Lipinski definition) is 0. The molecule has 0 amide bonds. The fourth-order valence-electron chi connectivity index (χ4n) is 2.54. The molecule has 21 heavy (non-hydrogen) atoms. The molecule has 2 rings (SSSR count). The molecule has 1 heterocycles. The predicted octanol–water partition coefficient (Wildman–Crippen LogP) is 1.74. The van der Waals surface area contributed by atoms with E-state index >= 15 is 0 Å². The van der Waals surface area contributed by atoms with Crippen molar-refractivity contribution in [2.24, 2.45) is 5.92 Å². The highest BCUT2D eigenvalue weighted by atomic mass is 32.2. The zero-order chi connectivity index (χ0) is 15.5. The average Bonchev–Trinajstić information content (AvgIpc) is 2.48. The van der Waals surface area contributed by atoms with Gasteiger partial charge < -0.3 is 4.74 Å². The Morgan fingerprint density at radius 3 is 2.62 bits per heavy atom. The van der Waals surface area contributed by atoms with Crippen LogP contribution in [0.15, 0.2) is 24.3 Å². The van der Waals surface area contributed by atoms with Crippen LogP contribution in [-0.2, 0) is 20.5 Å². The van der Waals surface area contributed by atoms with Crippen molar-refractivity contribution in [3.8, 4) is 6.07 Å². The highest BCUT2D eigenvalue weighted by Crippen LogP contribution is 2.23. The summed E-state index contributed by atoms with van der Waals surface area (Å²) in [4.78, 5) is 0. The van der Waals surface area contributed by atoms with E-state index in [9.17, 15) is 8.42 Å². The molecule has 1 aromatic carbocycles. The van der Waals surface area contributed by atoms with Crippen LogP contribution < -0.4 is 0 Å². The fourth-order valence-corrected chi connectivity index (χ4v) is 4.10. The minimum absolute atomic E-state index is 0.0382. The fraction of sp³-hybridized carbons (Fsp3) is 0.533. The van der Waals surface area contributed by atoms with Gasteiger partial charge in [0.15, 0.2) is 0 Å². The van der Waals surface area contributed by atoms with Crippen molar-refractivity contribution >= 4 is 10.0 Å². The van der Waals surface area contributed by atoms with Gasteiger partial charge in [-0.05, 0) is 30.0 Å². The molecule has 0 spiro atoms. The topological polar surface area (TPSA) is 70.4 Å². The van der Waals surface area contributed by atoms with Crippen LogP contribution in [-0.4, -0.2) is 39.0 Å². The predicted molar refractivity (Wildman–Crippen MR) is 79.9 cm³/mol. The van der Waals surface area contributed by atoms with Gasteiger partial charge in [-0.25, -0.2) is 8.42 Å². The van der Waals surface area contributed by atoms with Crippen LogP contribution in [0.4, 0.5) is 0 Å². The Hall–Kier alpha value is -1.42. The van der Waals surface area contributed by atoms with E-state index in [-0.39, 0.29) is 11.9 Å². The molecule has 1 fully saturated rings. The smallest absolute Gasteiger partial charge is 0.218 e. The summed E-state index contributed by atoms with van der Waals surface area (Å²) in [5.74, 6) is 0.333. The molecule has 1 aliphatic rings. The molecule has 1 saturated heterocycles. The number of nitriles is 1. The highest BCUT2D eigenvalue weighted by Gasteiger charge is 2.32. The maximum Gasteiger partial charge on any atom is 0.218 e. The van der Waals surface area contributed by atoms with Crippen molar-refractivity contribution in [1.29, 1.82) is 5.26 Å². The van der Waals surface area contributed by atoms with Crippen LogP contribution in [0.5, 0.6) is 0 Å². The SMILES string of the molecule is COC1CN(S(=O)(=O)Cc2ccc(C#N)cc2)CCC1C. The van der Waals surface area contributed by atoms with Gasteiger partial charge in [0, 0.05) is 20.2 Å². The lowest BCUT2D eigenvalue weighted by molar-refractivity contribution is 0.0183. The number of nitrogens with zero attached hydrogens (tertiary/aromatic N) is 2. The molecule has 6 heteroatoms. The number of hydrogen-bond acceptors (Lipinski definition) is 4. The Kier molecular flexibility index (Phi) is 4.99. The molecular formula is C15H20N2O3S. The Bertz CT molecular complexity index is 619. The second-order valence-corrected chi connectivity index (χ2v) is 7.43. The number of benzene rings is 1. The van der Waals surface area contributed by atoms with Crippen LogP contribution >= 0.6 is 0 Å². The normalized spacial score (nSPS) is 23.7. The monoisotopic (exact) mass is 308 g/mol. The van der Waals surface area contributed by atoms with Gasteiger partial charge in [0.25, 0.3) is 0 Å². The number of sulfonamides is 1. The summed E-state index contributed by atoms with van der Waals surface area (Å²) in [6, 6.07) is 8.68. The van der Waals surface area contributed by atoms with E-state index in [0.29, 0.717) is 30.1 Å². The standard InChI is InChI=1S/C15H20N2O3S/c1-12-7-8-17(10-15(12)20-2)21(18,19)11-14-5-3-13(9-16)4-6-14/h3-6,12,15H,7-8,10-11H2,1-2H3. The largest absolute Gasteiger partial charge is 0.380 e. The van der Waals surface area contributed by atoms with Crippen molar-refractivity contribution in [1.82, 2.24) is 4.31 Å². The van der Waals surface area contributed by atoms with Crippen molar-refractivity contribution < 1.29 is 13.2 Å². The molecule has 1 aliphatic heterocycles. The van der Waals surface area contributed by atoms with Gasteiger partial charge in [-0.1, -0.05) is 19.1 Å². The Morgan fingerprint density at radius 1 is 1.38 bits per heavy atom. The molecule has 2 unspecified atom stereocenters. The summed E-state index contributed by atoms with van der Waals surface area (Å²) < 4.78 is 31.8. The van der Waals surface area contributed by atoms with Crippen LogP contribution in [0.3, 0.4) is 0 Å². The number of methoxy groups -OCH3 is 1. The van der Waals surface area contributed by atoms with Gasteiger partial charge in [-0.2, -0.15) is 9.57 Å². The lowest BCUT2D eigenvalue weighted by Gasteiger charge is -2.35. The molecule has 114 valence electrons. The Balaban J connectivity index is 2.09. The molecule has 0 aromatic heterocycles. The van der Waals surface area contributed by atoms with E-state index in [2.05, 4.69) is 6.92 Å². The van der Waals surface area contributed by atoms with Crippen molar-refractivity contribution in [3.05, 3.63) is 35.4 Å². The molecule has 0 bridgehead atoms. The zero-order valence-corrected chi connectivity index (χ0v) is 13.1. The van der Waals surface area contributed by atoms with Gasteiger partial charge in [-0.15, -0.1) is 0 Å². The molecular weight excluding hydrogens is 288 g/mol. The third-order valence-corrected chi connectivity index (χ3v) is 5.80. The van der Waals surface area contributed by atoms with Gasteiger partial charge in [-0.3, -0.25) is 0 Å². The summed E-state index contributed by atoms with van der Waals surface area (Å²) in [6.45, 7) is 3.04. The van der Waals surface area contributed by atoms with Crippen LogP contribution in [0.25, 0.3) is 0 Å². The summed E-state index contributed by atoms with van der Waals surface area (Å²) in [5, 5.41) is 8.76. The van der Waals surface area contributed by atoms with Crippen molar-refractivity contribution in [2.45, 2.75) is 25.2 Å². The molecule has 0 N–H and O–H groups in total. The quantitative estimate of drug-likeness (QED) is 0.849. The van der Waals surface area contributed by atoms with Gasteiger partial charge in [0.1, 0.15) is 0 Å². The van der Waals surface area contributed by atoms with Crippen molar-refractivity contribution in [3.63, 3.8) is 0 Å². The van der Waals surface area contributed by atoms with Crippen molar-refractivity contribution in [2.75, 3.05) is 20.2 Å². The second kappa shape index (κ2) is 6.56. The van der Waals surface area contributed by atoms with E-state index in [1.807, 2.05) is 6.07 Å². The average molecular weight is 308 g/mol. The van der Waals surface area contributed by atoms with Gasteiger partial charge in [0.2, 0.25) is 10.0 Å². The maximum absolute atomic E-state index is 12.5. The zero-order valence-electron chi connectivity index (χ0n) is 12.3. The third kappa shape index (κ3) is 3.82. The molecule has 2 atom stereocenters. The van der Waals surface area contributed by atoms with Crippen LogP contribution in [0.1, 0.15) is 24.5 Å². The first-order valence-corrected chi connectivity index (χ1v) is 8.57. The number of ether oxygens (including phenoxy) is 1. The molecule has 0 radical (unpaired) electrons. The minimum atomic E-state index is -3.35. The summed E-state index contributed by atoms with van der Waals surface area (Å²) in [7, 11) is -1.73. The first-order valence-electron chi connectivity index (χ1n) is 6.96. The molecule has 5 nitrogen and oxygen atoms in total. The first-order chi connectivity index (χ1) is 9.96. The van der Waals surface area contributed by atoms with E-state index in [4.69, 9.17) is 10.00 Å². The van der Waals surface area contributed by atoms with Crippen LogP contribution in [0.2, 0.25) is 0 Å².